The van der Waals surface area contributed by atoms with E-state index in [0.717, 1.165) is 10.8 Å². The van der Waals surface area contributed by atoms with Crippen LogP contribution in [0.1, 0.15) is 13.8 Å². The Kier molecular flexibility index (Phi) is 3.23. The number of hydrogen-bond donors (Lipinski definition) is 2. The van der Waals surface area contributed by atoms with E-state index in [-0.39, 0.29) is 12.1 Å². The Hall–Kier alpha value is -2.10. The van der Waals surface area contributed by atoms with Crippen molar-refractivity contribution in [3.8, 4) is 0 Å². The average molecular weight is 229 g/mol. The minimum Gasteiger partial charge on any atom is -0.336 e. The topological polar surface area (TPSA) is 54.0 Å². The molecule has 17 heavy (non-hydrogen) atoms. The molecule has 0 aliphatic heterocycles. The van der Waals surface area contributed by atoms with E-state index in [1.54, 1.807) is 6.20 Å². The van der Waals surface area contributed by atoms with Crippen LogP contribution in [0.3, 0.4) is 0 Å². The second kappa shape index (κ2) is 4.82. The van der Waals surface area contributed by atoms with Gasteiger partial charge < -0.3 is 5.32 Å². The maximum Gasteiger partial charge on any atom is 0.320 e. The highest BCUT2D eigenvalue weighted by Crippen LogP contribution is 2.19. The lowest BCUT2D eigenvalue weighted by molar-refractivity contribution is 0.250. The molecule has 4 heteroatoms. The van der Waals surface area contributed by atoms with Gasteiger partial charge in [0.05, 0.1) is 0 Å². The van der Waals surface area contributed by atoms with E-state index in [1.807, 2.05) is 44.2 Å². The Bertz CT molecular complexity index is 532. The van der Waals surface area contributed by atoms with Crippen molar-refractivity contribution in [2.75, 3.05) is 5.32 Å². The number of rotatable bonds is 2. The first-order valence-corrected chi connectivity index (χ1v) is 5.58. The lowest BCUT2D eigenvalue weighted by Gasteiger charge is -2.10. The quantitative estimate of drug-likeness (QED) is 0.832. The molecule has 2 rings (SSSR count). The van der Waals surface area contributed by atoms with Crippen molar-refractivity contribution in [1.82, 2.24) is 10.3 Å². The Balaban J connectivity index is 2.27. The fourth-order valence-corrected chi connectivity index (χ4v) is 1.63. The Morgan fingerprint density at radius 1 is 1.24 bits per heavy atom. The predicted octanol–water partition coefficient (Wildman–Crippen LogP) is 2.76. The number of fused-ring (bicyclic) bond motifs is 1. The van der Waals surface area contributed by atoms with E-state index >= 15 is 0 Å². The molecule has 0 aliphatic rings. The van der Waals surface area contributed by atoms with Gasteiger partial charge in [0.1, 0.15) is 5.82 Å². The van der Waals surface area contributed by atoms with Crippen LogP contribution in [0, 0.1) is 0 Å². The normalized spacial score (nSPS) is 10.5. The number of amides is 2. The van der Waals surface area contributed by atoms with E-state index in [0.29, 0.717) is 5.82 Å². The fraction of sp³-hybridized carbons (Fsp3) is 0.231. The molecule has 0 saturated heterocycles. The number of carbonyl (C=O) groups is 1. The maximum absolute atomic E-state index is 11.6. The average Bonchev–Trinajstić information content (AvgIpc) is 2.28. The molecule has 0 saturated carbocycles. The molecule has 2 N–H and O–H groups in total. The first-order chi connectivity index (χ1) is 8.16. The molecule has 0 atom stereocenters. The number of benzene rings is 1. The number of urea groups is 1. The van der Waals surface area contributed by atoms with Crippen LogP contribution in [0.4, 0.5) is 10.6 Å². The highest BCUT2D eigenvalue weighted by atomic mass is 16.2. The summed E-state index contributed by atoms with van der Waals surface area (Å²) in [7, 11) is 0. The van der Waals surface area contributed by atoms with Crippen molar-refractivity contribution >= 4 is 22.6 Å². The summed E-state index contributed by atoms with van der Waals surface area (Å²) in [4.78, 5) is 15.8. The van der Waals surface area contributed by atoms with Gasteiger partial charge in [0.25, 0.3) is 0 Å². The molecule has 0 aliphatic carbocycles. The predicted molar refractivity (Wildman–Crippen MR) is 69.0 cm³/mol. The lowest BCUT2D eigenvalue weighted by Crippen LogP contribution is -2.34. The number of hydrogen-bond acceptors (Lipinski definition) is 2. The van der Waals surface area contributed by atoms with Gasteiger partial charge in [-0.25, -0.2) is 9.78 Å². The highest BCUT2D eigenvalue weighted by molar-refractivity contribution is 5.99. The van der Waals surface area contributed by atoms with Gasteiger partial charge in [0.2, 0.25) is 0 Å². The van der Waals surface area contributed by atoms with Crippen molar-refractivity contribution in [2.24, 2.45) is 0 Å². The largest absolute Gasteiger partial charge is 0.336 e. The molecule has 0 unspecified atom stereocenters. The monoisotopic (exact) mass is 229 g/mol. The molecule has 1 aromatic heterocycles. The Morgan fingerprint density at radius 3 is 2.76 bits per heavy atom. The molecule has 4 nitrogen and oxygen atoms in total. The summed E-state index contributed by atoms with van der Waals surface area (Å²) < 4.78 is 0. The zero-order valence-corrected chi connectivity index (χ0v) is 9.90. The minimum atomic E-state index is -0.233. The molecule has 0 radical (unpaired) electrons. The second-order valence-electron chi connectivity index (χ2n) is 4.13. The second-order valence-corrected chi connectivity index (χ2v) is 4.13. The number of pyridine rings is 1. The zero-order valence-electron chi connectivity index (χ0n) is 9.90. The summed E-state index contributed by atoms with van der Waals surface area (Å²) in [6.07, 6.45) is 1.69. The number of nitrogens with one attached hydrogen (secondary N) is 2. The summed E-state index contributed by atoms with van der Waals surface area (Å²) in [5, 5.41) is 7.52. The minimum absolute atomic E-state index is 0.102. The SMILES string of the molecule is CC(C)NC(=O)Nc1nccc2ccccc12. The Labute approximate surface area is 100 Å². The maximum atomic E-state index is 11.6. The van der Waals surface area contributed by atoms with E-state index in [1.165, 1.54) is 0 Å². The molecule has 88 valence electrons. The summed E-state index contributed by atoms with van der Waals surface area (Å²) in [6.45, 7) is 3.83. The molecule has 1 aromatic carbocycles. The number of aromatic nitrogens is 1. The van der Waals surface area contributed by atoms with Gasteiger partial charge in [0.15, 0.2) is 0 Å². The molecule has 2 aromatic rings. The lowest BCUT2D eigenvalue weighted by atomic mass is 10.1. The summed E-state index contributed by atoms with van der Waals surface area (Å²) in [5.41, 5.74) is 0. The smallest absolute Gasteiger partial charge is 0.320 e. The van der Waals surface area contributed by atoms with Gasteiger partial charge in [-0.2, -0.15) is 0 Å². The standard InChI is InChI=1S/C13H15N3O/c1-9(2)15-13(17)16-12-11-6-4-3-5-10(11)7-8-14-12/h3-9H,1-2H3,(H2,14,15,16,17). The van der Waals surface area contributed by atoms with E-state index in [4.69, 9.17) is 0 Å². The molecule has 2 amide bonds. The third-order valence-electron chi connectivity index (χ3n) is 2.33. The molecule has 0 spiro atoms. The Morgan fingerprint density at radius 2 is 2.00 bits per heavy atom. The van der Waals surface area contributed by atoms with Crippen LogP contribution < -0.4 is 10.6 Å². The van der Waals surface area contributed by atoms with Crippen molar-refractivity contribution in [2.45, 2.75) is 19.9 Å². The van der Waals surface area contributed by atoms with Gasteiger partial charge >= 0.3 is 6.03 Å². The number of anilines is 1. The van der Waals surface area contributed by atoms with Crippen LogP contribution in [0.5, 0.6) is 0 Å². The van der Waals surface area contributed by atoms with Crippen LogP contribution in [-0.2, 0) is 0 Å². The van der Waals surface area contributed by atoms with Crippen molar-refractivity contribution in [1.29, 1.82) is 0 Å². The van der Waals surface area contributed by atoms with Crippen LogP contribution >= 0.6 is 0 Å². The zero-order chi connectivity index (χ0) is 12.3. The van der Waals surface area contributed by atoms with E-state index < -0.39 is 0 Å². The van der Waals surface area contributed by atoms with Gasteiger partial charge in [0, 0.05) is 17.6 Å². The van der Waals surface area contributed by atoms with Crippen molar-refractivity contribution in [3.63, 3.8) is 0 Å². The summed E-state index contributed by atoms with van der Waals surface area (Å²) >= 11 is 0. The van der Waals surface area contributed by atoms with Crippen LogP contribution in [0.15, 0.2) is 36.5 Å². The molecule has 1 heterocycles. The molecular weight excluding hydrogens is 214 g/mol. The first kappa shape index (κ1) is 11.4. The molecular formula is C13H15N3O. The molecule has 0 bridgehead atoms. The van der Waals surface area contributed by atoms with Crippen molar-refractivity contribution < 1.29 is 4.79 Å². The van der Waals surface area contributed by atoms with Crippen molar-refractivity contribution in [3.05, 3.63) is 36.5 Å². The third kappa shape index (κ3) is 2.72. The van der Waals surface area contributed by atoms with Gasteiger partial charge in [-0.3, -0.25) is 5.32 Å². The van der Waals surface area contributed by atoms with Gasteiger partial charge in [-0.15, -0.1) is 0 Å². The van der Waals surface area contributed by atoms with E-state index in [9.17, 15) is 4.79 Å². The highest BCUT2D eigenvalue weighted by Gasteiger charge is 2.06. The van der Waals surface area contributed by atoms with E-state index in [2.05, 4.69) is 15.6 Å². The molecule has 0 fully saturated rings. The van der Waals surface area contributed by atoms with Gasteiger partial charge in [-0.1, -0.05) is 24.3 Å². The fourth-order valence-electron chi connectivity index (χ4n) is 1.63. The first-order valence-electron chi connectivity index (χ1n) is 5.58. The van der Waals surface area contributed by atoms with Crippen LogP contribution in [0.2, 0.25) is 0 Å². The number of nitrogens with zero attached hydrogens (tertiary/aromatic N) is 1. The van der Waals surface area contributed by atoms with Crippen LogP contribution in [-0.4, -0.2) is 17.1 Å². The number of carbonyl (C=O) groups excluding carboxylic acids is 1. The van der Waals surface area contributed by atoms with Gasteiger partial charge in [-0.05, 0) is 25.3 Å². The summed E-state index contributed by atoms with van der Waals surface area (Å²) in [6, 6.07) is 9.60. The third-order valence-corrected chi connectivity index (χ3v) is 2.33. The summed E-state index contributed by atoms with van der Waals surface area (Å²) in [5.74, 6) is 0.584. The van der Waals surface area contributed by atoms with Crippen LogP contribution in [0.25, 0.3) is 10.8 Å².